The fourth-order valence-corrected chi connectivity index (χ4v) is 2.45. The molecular formula is C15H13BrClNO2. The normalized spacial score (nSPS) is 10.2. The first kappa shape index (κ1) is 14.9. The van der Waals surface area contributed by atoms with Crippen molar-refractivity contribution < 1.29 is 9.53 Å². The van der Waals surface area contributed by atoms with Gasteiger partial charge in [-0.1, -0.05) is 23.7 Å². The summed E-state index contributed by atoms with van der Waals surface area (Å²) in [7, 11) is 0. The van der Waals surface area contributed by atoms with Crippen LogP contribution in [0.5, 0.6) is 5.75 Å². The highest BCUT2D eigenvalue weighted by Crippen LogP contribution is 2.27. The number of aryl methyl sites for hydroxylation is 1. The molecule has 0 saturated heterocycles. The van der Waals surface area contributed by atoms with E-state index in [9.17, 15) is 4.79 Å². The van der Waals surface area contributed by atoms with Crippen molar-refractivity contribution in [3.8, 4) is 5.75 Å². The van der Waals surface area contributed by atoms with E-state index in [1.54, 1.807) is 18.2 Å². The van der Waals surface area contributed by atoms with Gasteiger partial charge in [0.05, 0.1) is 4.47 Å². The van der Waals surface area contributed by atoms with E-state index in [4.69, 9.17) is 16.3 Å². The second kappa shape index (κ2) is 6.77. The summed E-state index contributed by atoms with van der Waals surface area (Å²) in [6.45, 7) is 1.91. The SMILES string of the molecule is Cc1cccc(NC(=O)COc2ccc(Cl)cc2Br)c1. The standard InChI is InChI=1S/C15H13BrClNO2/c1-10-3-2-4-12(7-10)18-15(19)9-20-14-6-5-11(17)8-13(14)16/h2-8H,9H2,1H3,(H,18,19). The van der Waals surface area contributed by atoms with Gasteiger partial charge in [0.1, 0.15) is 5.75 Å². The molecule has 0 unspecified atom stereocenters. The zero-order valence-electron chi connectivity index (χ0n) is 10.8. The molecule has 1 amide bonds. The summed E-state index contributed by atoms with van der Waals surface area (Å²) in [4.78, 5) is 11.8. The number of rotatable bonds is 4. The summed E-state index contributed by atoms with van der Waals surface area (Å²) < 4.78 is 6.15. The predicted octanol–water partition coefficient (Wildman–Crippen LogP) is 4.43. The summed E-state index contributed by atoms with van der Waals surface area (Å²) in [5, 5.41) is 3.38. The molecule has 0 radical (unpaired) electrons. The van der Waals surface area contributed by atoms with Crippen molar-refractivity contribution in [2.45, 2.75) is 6.92 Å². The van der Waals surface area contributed by atoms with Crippen molar-refractivity contribution in [3.05, 3.63) is 57.5 Å². The fraction of sp³-hybridized carbons (Fsp3) is 0.133. The molecule has 0 heterocycles. The minimum Gasteiger partial charge on any atom is -0.483 e. The molecule has 0 atom stereocenters. The number of hydrogen-bond acceptors (Lipinski definition) is 2. The van der Waals surface area contributed by atoms with Crippen LogP contribution < -0.4 is 10.1 Å². The molecule has 0 bridgehead atoms. The van der Waals surface area contributed by atoms with Crippen LogP contribution in [0.2, 0.25) is 5.02 Å². The maximum atomic E-state index is 11.8. The Bertz CT molecular complexity index is 631. The van der Waals surface area contributed by atoms with E-state index in [0.29, 0.717) is 15.2 Å². The lowest BCUT2D eigenvalue weighted by atomic mass is 10.2. The summed E-state index contributed by atoms with van der Waals surface area (Å²) in [5.41, 5.74) is 1.85. The number of benzene rings is 2. The number of amides is 1. The number of carbonyl (C=O) groups excluding carboxylic acids is 1. The van der Waals surface area contributed by atoms with Gasteiger partial charge in [-0.05, 0) is 58.7 Å². The van der Waals surface area contributed by atoms with Crippen LogP contribution in [-0.2, 0) is 4.79 Å². The highest BCUT2D eigenvalue weighted by atomic mass is 79.9. The highest BCUT2D eigenvalue weighted by Gasteiger charge is 2.06. The quantitative estimate of drug-likeness (QED) is 0.882. The maximum absolute atomic E-state index is 11.8. The van der Waals surface area contributed by atoms with Gasteiger partial charge >= 0.3 is 0 Å². The van der Waals surface area contributed by atoms with E-state index in [-0.39, 0.29) is 12.5 Å². The fourth-order valence-electron chi connectivity index (χ4n) is 1.66. The van der Waals surface area contributed by atoms with Gasteiger partial charge in [-0.3, -0.25) is 4.79 Å². The summed E-state index contributed by atoms with van der Waals surface area (Å²) >= 11 is 9.17. The molecule has 2 aromatic carbocycles. The van der Waals surface area contributed by atoms with Crippen molar-refractivity contribution in [2.75, 3.05) is 11.9 Å². The van der Waals surface area contributed by atoms with Crippen LogP contribution in [0.1, 0.15) is 5.56 Å². The minimum absolute atomic E-state index is 0.0613. The summed E-state index contributed by atoms with van der Waals surface area (Å²) in [5.74, 6) is 0.367. The van der Waals surface area contributed by atoms with E-state index in [1.165, 1.54) is 0 Å². The first-order valence-corrected chi connectivity index (χ1v) is 7.16. The van der Waals surface area contributed by atoms with Gasteiger partial charge < -0.3 is 10.1 Å². The average molecular weight is 355 g/mol. The molecule has 0 saturated carbocycles. The Morgan fingerprint density at radius 2 is 2.10 bits per heavy atom. The van der Waals surface area contributed by atoms with Crippen molar-refractivity contribution >= 4 is 39.1 Å². The molecule has 104 valence electrons. The number of halogens is 2. The molecule has 0 aliphatic carbocycles. The van der Waals surface area contributed by atoms with Gasteiger partial charge in [0.2, 0.25) is 0 Å². The molecule has 2 rings (SSSR count). The lowest BCUT2D eigenvalue weighted by Gasteiger charge is -2.09. The van der Waals surface area contributed by atoms with E-state index in [0.717, 1.165) is 11.3 Å². The third-order valence-corrected chi connectivity index (χ3v) is 3.41. The largest absolute Gasteiger partial charge is 0.483 e. The highest BCUT2D eigenvalue weighted by molar-refractivity contribution is 9.10. The third kappa shape index (κ3) is 4.25. The van der Waals surface area contributed by atoms with Crippen LogP contribution >= 0.6 is 27.5 Å². The first-order valence-electron chi connectivity index (χ1n) is 5.99. The second-order valence-corrected chi connectivity index (χ2v) is 5.57. The van der Waals surface area contributed by atoms with Gasteiger partial charge in [-0.2, -0.15) is 0 Å². The number of carbonyl (C=O) groups is 1. The smallest absolute Gasteiger partial charge is 0.262 e. The van der Waals surface area contributed by atoms with Crippen molar-refractivity contribution in [1.82, 2.24) is 0 Å². The van der Waals surface area contributed by atoms with Crippen LogP contribution in [0.4, 0.5) is 5.69 Å². The monoisotopic (exact) mass is 353 g/mol. The number of hydrogen-bond donors (Lipinski definition) is 1. The molecule has 0 aliphatic rings. The van der Waals surface area contributed by atoms with E-state index < -0.39 is 0 Å². The topological polar surface area (TPSA) is 38.3 Å². The maximum Gasteiger partial charge on any atom is 0.262 e. The Morgan fingerprint density at radius 1 is 1.30 bits per heavy atom. The van der Waals surface area contributed by atoms with E-state index >= 15 is 0 Å². The molecule has 2 aromatic rings. The Morgan fingerprint density at radius 3 is 2.80 bits per heavy atom. The molecule has 0 aromatic heterocycles. The van der Waals surface area contributed by atoms with Gasteiger partial charge in [0.15, 0.2) is 6.61 Å². The molecule has 20 heavy (non-hydrogen) atoms. The average Bonchev–Trinajstić information content (AvgIpc) is 2.37. The Hall–Kier alpha value is -1.52. The van der Waals surface area contributed by atoms with Crippen molar-refractivity contribution in [3.63, 3.8) is 0 Å². The molecular weight excluding hydrogens is 342 g/mol. The molecule has 0 spiro atoms. The minimum atomic E-state index is -0.211. The molecule has 0 aliphatic heterocycles. The Kier molecular flexibility index (Phi) is 5.04. The van der Waals surface area contributed by atoms with E-state index in [1.807, 2.05) is 31.2 Å². The lowest BCUT2D eigenvalue weighted by molar-refractivity contribution is -0.118. The van der Waals surface area contributed by atoms with Crippen molar-refractivity contribution in [2.24, 2.45) is 0 Å². The zero-order chi connectivity index (χ0) is 14.5. The Balaban J connectivity index is 1.92. The Labute approximate surface area is 131 Å². The predicted molar refractivity (Wildman–Crippen MR) is 84.5 cm³/mol. The van der Waals surface area contributed by atoms with Gasteiger partial charge in [0, 0.05) is 10.7 Å². The van der Waals surface area contributed by atoms with Crippen LogP contribution in [0.15, 0.2) is 46.9 Å². The van der Waals surface area contributed by atoms with Crippen LogP contribution in [0.25, 0.3) is 0 Å². The molecule has 0 fully saturated rings. The van der Waals surface area contributed by atoms with Gasteiger partial charge in [-0.15, -0.1) is 0 Å². The number of anilines is 1. The van der Waals surface area contributed by atoms with Crippen LogP contribution in [-0.4, -0.2) is 12.5 Å². The lowest BCUT2D eigenvalue weighted by Crippen LogP contribution is -2.20. The molecule has 3 nitrogen and oxygen atoms in total. The zero-order valence-corrected chi connectivity index (χ0v) is 13.2. The van der Waals surface area contributed by atoms with Crippen LogP contribution in [0.3, 0.4) is 0 Å². The van der Waals surface area contributed by atoms with Gasteiger partial charge in [0.25, 0.3) is 5.91 Å². The van der Waals surface area contributed by atoms with Gasteiger partial charge in [-0.25, -0.2) is 0 Å². The van der Waals surface area contributed by atoms with Crippen molar-refractivity contribution in [1.29, 1.82) is 0 Å². The first-order chi connectivity index (χ1) is 9.54. The number of ether oxygens (including phenoxy) is 1. The second-order valence-electron chi connectivity index (χ2n) is 4.28. The third-order valence-electron chi connectivity index (χ3n) is 2.55. The molecule has 1 N–H and O–H groups in total. The summed E-state index contributed by atoms with van der Waals surface area (Å²) in [6.07, 6.45) is 0. The molecule has 5 heteroatoms. The van der Waals surface area contributed by atoms with E-state index in [2.05, 4.69) is 21.2 Å². The summed E-state index contributed by atoms with van der Waals surface area (Å²) in [6, 6.07) is 12.7. The number of nitrogens with one attached hydrogen (secondary N) is 1. The van der Waals surface area contributed by atoms with Crippen LogP contribution in [0, 0.1) is 6.92 Å².